The third-order valence-electron chi connectivity index (χ3n) is 2.85. The first-order valence-corrected chi connectivity index (χ1v) is 6.60. The molecule has 7 heteroatoms. The third-order valence-corrected chi connectivity index (χ3v) is 3.74. The van der Waals surface area contributed by atoms with Gasteiger partial charge in [0, 0.05) is 12.6 Å². The molecule has 2 N–H and O–H groups in total. The molecule has 0 unspecified atom stereocenters. The first kappa shape index (κ1) is 14.5. The van der Waals surface area contributed by atoms with Crippen LogP contribution >= 0.6 is 15.9 Å². The van der Waals surface area contributed by atoms with Gasteiger partial charge in [0.15, 0.2) is 5.69 Å². The summed E-state index contributed by atoms with van der Waals surface area (Å²) in [5.74, 6) is -1.00. The van der Waals surface area contributed by atoms with Crippen molar-refractivity contribution in [2.45, 2.75) is 13.5 Å². The number of carbonyl (C=O) groups is 1. The summed E-state index contributed by atoms with van der Waals surface area (Å²) < 4.78 is 20.1. The van der Waals surface area contributed by atoms with Gasteiger partial charge in [-0.25, -0.2) is 9.18 Å². The van der Waals surface area contributed by atoms with Gasteiger partial charge in [0.1, 0.15) is 12.4 Å². The monoisotopic (exact) mass is 341 g/mol. The highest BCUT2D eigenvalue weighted by Gasteiger charge is 2.19. The molecule has 1 aromatic carbocycles. The normalized spacial score (nSPS) is 10.6. The number of esters is 1. The molecular weight excluding hydrogens is 329 g/mol. The fraction of sp³-hybridized carbons (Fsp3) is 0.231. The summed E-state index contributed by atoms with van der Waals surface area (Å²) in [7, 11) is 1.61. The lowest BCUT2D eigenvalue weighted by Gasteiger charge is -2.08. The molecular formula is C13H13BrFN3O2. The van der Waals surface area contributed by atoms with Crippen LogP contribution in [-0.2, 0) is 18.4 Å². The summed E-state index contributed by atoms with van der Waals surface area (Å²) in [5.41, 5.74) is 7.35. The van der Waals surface area contributed by atoms with E-state index in [1.165, 1.54) is 10.7 Å². The van der Waals surface area contributed by atoms with E-state index in [2.05, 4.69) is 21.0 Å². The van der Waals surface area contributed by atoms with Gasteiger partial charge in [-0.1, -0.05) is 12.1 Å². The van der Waals surface area contributed by atoms with Crippen LogP contribution in [0.4, 0.5) is 10.1 Å². The third kappa shape index (κ3) is 2.67. The Bertz CT molecular complexity index is 670. The molecule has 1 heterocycles. The van der Waals surface area contributed by atoms with Crippen molar-refractivity contribution >= 4 is 27.6 Å². The van der Waals surface area contributed by atoms with E-state index in [1.54, 1.807) is 26.1 Å². The summed E-state index contributed by atoms with van der Waals surface area (Å²) in [6, 6.07) is 4.53. The topological polar surface area (TPSA) is 70.1 Å². The number of halogens is 2. The molecule has 0 spiro atoms. The van der Waals surface area contributed by atoms with Crippen molar-refractivity contribution in [3.05, 3.63) is 45.4 Å². The van der Waals surface area contributed by atoms with Crippen LogP contribution in [0.1, 0.15) is 21.7 Å². The van der Waals surface area contributed by atoms with E-state index in [9.17, 15) is 9.18 Å². The maximum atomic E-state index is 13.3. The lowest BCUT2D eigenvalue weighted by Crippen LogP contribution is -2.13. The number of hydrogen-bond acceptors (Lipinski definition) is 4. The van der Waals surface area contributed by atoms with E-state index < -0.39 is 11.8 Å². The SMILES string of the molecule is Cc1nn(C)c(C(=O)OCc2cccc(F)c2Br)c1N. The number of ether oxygens (including phenoxy) is 1. The average molecular weight is 342 g/mol. The van der Waals surface area contributed by atoms with Gasteiger partial charge >= 0.3 is 5.97 Å². The lowest BCUT2D eigenvalue weighted by molar-refractivity contribution is 0.0460. The van der Waals surface area contributed by atoms with E-state index in [0.29, 0.717) is 11.3 Å². The molecule has 0 atom stereocenters. The van der Waals surface area contributed by atoms with Crippen molar-refractivity contribution in [3.8, 4) is 0 Å². The predicted octanol–water partition coefficient (Wildman–Crippen LogP) is 2.57. The highest BCUT2D eigenvalue weighted by Crippen LogP contribution is 2.22. The molecule has 2 rings (SSSR count). The molecule has 0 bridgehead atoms. The van der Waals surface area contributed by atoms with E-state index in [4.69, 9.17) is 10.5 Å². The second-order valence-corrected chi connectivity index (χ2v) is 5.05. The number of anilines is 1. The molecule has 0 aliphatic carbocycles. The molecule has 0 saturated carbocycles. The molecule has 0 radical (unpaired) electrons. The number of hydrogen-bond donors (Lipinski definition) is 1. The van der Waals surface area contributed by atoms with Gasteiger partial charge in [-0.15, -0.1) is 0 Å². The number of carbonyl (C=O) groups excluding carboxylic acids is 1. The highest BCUT2D eigenvalue weighted by molar-refractivity contribution is 9.10. The van der Waals surface area contributed by atoms with E-state index in [1.807, 2.05) is 0 Å². The van der Waals surface area contributed by atoms with E-state index in [0.717, 1.165) is 0 Å². The maximum absolute atomic E-state index is 13.3. The van der Waals surface area contributed by atoms with Crippen molar-refractivity contribution in [1.82, 2.24) is 9.78 Å². The van der Waals surface area contributed by atoms with Gasteiger partial charge in [0.05, 0.1) is 15.9 Å². The molecule has 106 valence electrons. The molecule has 2 aromatic rings. The lowest BCUT2D eigenvalue weighted by atomic mass is 10.2. The first-order chi connectivity index (χ1) is 9.41. The Morgan fingerprint density at radius 2 is 2.25 bits per heavy atom. The number of rotatable bonds is 3. The minimum absolute atomic E-state index is 0.0547. The average Bonchev–Trinajstić information content (AvgIpc) is 2.65. The predicted molar refractivity (Wildman–Crippen MR) is 75.6 cm³/mol. The van der Waals surface area contributed by atoms with Crippen LogP contribution in [-0.4, -0.2) is 15.7 Å². The standard InChI is InChI=1S/C13H13BrFN3O2/c1-7-11(16)12(18(2)17-7)13(19)20-6-8-4-3-5-9(15)10(8)14/h3-5H,6,16H2,1-2H3. The van der Waals surface area contributed by atoms with Gasteiger partial charge < -0.3 is 10.5 Å². The summed E-state index contributed by atoms with van der Waals surface area (Å²) in [4.78, 5) is 12.0. The molecule has 1 aromatic heterocycles. The number of aryl methyl sites for hydroxylation is 2. The fourth-order valence-electron chi connectivity index (χ4n) is 1.79. The Balaban J connectivity index is 2.15. The van der Waals surface area contributed by atoms with Gasteiger partial charge in [-0.3, -0.25) is 4.68 Å². The Morgan fingerprint density at radius 3 is 2.85 bits per heavy atom. The van der Waals surface area contributed by atoms with Crippen LogP contribution in [0.2, 0.25) is 0 Å². The van der Waals surface area contributed by atoms with Gasteiger partial charge in [0.2, 0.25) is 0 Å². The Morgan fingerprint density at radius 1 is 1.55 bits per heavy atom. The van der Waals surface area contributed by atoms with Gasteiger partial charge in [0.25, 0.3) is 0 Å². The minimum atomic E-state index is -0.596. The zero-order chi connectivity index (χ0) is 14.9. The maximum Gasteiger partial charge on any atom is 0.359 e. The van der Waals surface area contributed by atoms with Crippen LogP contribution in [0.5, 0.6) is 0 Å². The molecule has 20 heavy (non-hydrogen) atoms. The van der Waals surface area contributed by atoms with Gasteiger partial charge in [-0.05, 0) is 28.9 Å². The quantitative estimate of drug-likeness (QED) is 0.871. The van der Waals surface area contributed by atoms with Crippen LogP contribution in [0.15, 0.2) is 22.7 Å². The van der Waals surface area contributed by atoms with Crippen LogP contribution < -0.4 is 5.73 Å². The van der Waals surface area contributed by atoms with Crippen molar-refractivity contribution in [3.63, 3.8) is 0 Å². The number of benzene rings is 1. The largest absolute Gasteiger partial charge is 0.456 e. The van der Waals surface area contributed by atoms with Crippen LogP contribution in [0.3, 0.4) is 0 Å². The molecule has 0 aliphatic heterocycles. The molecule has 0 amide bonds. The molecule has 0 aliphatic rings. The second-order valence-electron chi connectivity index (χ2n) is 4.26. The molecule has 0 fully saturated rings. The minimum Gasteiger partial charge on any atom is -0.456 e. The summed E-state index contributed by atoms with van der Waals surface area (Å²) in [6.07, 6.45) is 0. The second kappa shape index (κ2) is 5.62. The van der Waals surface area contributed by atoms with Crippen molar-refractivity contribution in [1.29, 1.82) is 0 Å². The number of aromatic nitrogens is 2. The molecule has 0 saturated heterocycles. The zero-order valence-electron chi connectivity index (χ0n) is 11.0. The van der Waals surface area contributed by atoms with Crippen molar-refractivity contribution in [2.24, 2.45) is 7.05 Å². The molecule has 5 nitrogen and oxygen atoms in total. The number of nitrogens with two attached hydrogens (primary N) is 1. The Hall–Kier alpha value is -1.89. The van der Waals surface area contributed by atoms with Crippen LogP contribution in [0, 0.1) is 12.7 Å². The number of nitrogen functional groups attached to an aromatic ring is 1. The fourth-order valence-corrected chi connectivity index (χ4v) is 2.17. The smallest absolute Gasteiger partial charge is 0.359 e. The van der Waals surface area contributed by atoms with E-state index >= 15 is 0 Å². The highest BCUT2D eigenvalue weighted by atomic mass is 79.9. The first-order valence-electron chi connectivity index (χ1n) is 5.81. The van der Waals surface area contributed by atoms with Gasteiger partial charge in [-0.2, -0.15) is 5.10 Å². The van der Waals surface area contributed by atoms with Crippen molar-refractivity contribution in [2.75, 3.05) is 5.73 Å². The Labute approximate surface area is 123 Å². The summed E-state index contributed by atoms with van der Waals surface area (Å²) in [5, 5.41) is 4.04. The summed E-state index contributed by atoms with van der Waals surface area (Å²) in [6.45, 7) is 1.65. The van der Waals surface area contributed by atoms with E-state index in [-0.39, 0.29) is 22.5 Å². The van der Waals surface area contributed by atoms with Crippen LogP contribution in [0.25, 0.3) is 0 Å². The Kier molecular flexibility index (Phi) is 4.08. The number of nitrogens with zero attached hydrogens (tertiary/aromatic N) is 2. The van der Waals surface area contributed by atoms with Crippen molar-refractivity contribution < 1.29 is 13.9 Å². The summed E-state index contributed by atoms with van der Waals surface area (Å²) >= 11 is 3.11. The zero-order valence-corrected chi connectivity index (χ0v) is 12.6.